The van der Waals surface area contributed by atoms with Gasteiger partial charge in [0.05, 0.1) is 17.6 Å². The molecule has 0 aliphatic heterocycles. The van der Waals surface area contributed by atoms with Crippen molar-refractivity contribution in [1.82, 2.24) is 0 Å². The van der Waals surface area contributed by atoms with E-state index in [2.05, 4.69) is 39.5 Å². The molecule has 4 nitrogen and oxygen atoms in total. The Morgan fingerprint density at radius 2 is 1.73 bits per heavy atom. The summed E-state index contributed by atoms with van der Waals surface area (Å²) in [6.07, 6.45) is 5.02. The highest BCUT2D eigenvalue weighted by atomic mass is 32.1. The number of hydrogen-bond acceptors (Lipinski definition) is 4. The van der Waals surface area contributed by atoms with Gasteiger partial charge in [0.25, 0.3) is 0 Å². The topological polar surface area (TPSA) is 47.8 Å². The lowest BCUT2D eigenvalue weighted by Crippen LogP contribution is -3.06. The number of benzene rings is 1. The number of carbonyl (C=O) groups excluding carboxylic acids is 1. The minimum Gasteiger partial charge on any atom is -0.627 e. The van der Waals surface area contributed by atoms with Gasteiger partial charge in [0, 0.05) is 17.1 Å². The molecule has 4 rings (SSSR count). The summed E-state index contributed by atoms with van der Waals surface area (Å²) < 4.78 is 0. The number of hydroxylamine groups is 2. The van der Waals surface area contributed by atoms with E-state index < -0.39 is 11.0 Å². The van der Waals surface area contributed by atoms with Gasteiger partial charge in [-0.25, -0.2) is 4.79 Å². The van der Waals surface area contributed by atoms with Gasteiger partial charge >= 0.3 is 5.91 Å². The summed E-state index contributed by atoms with van der Waals surface area (Å²) in [6.45, 7) is 12.8. The Kier molecular flexibility index (Phi) is 5.36. The van der Waals surface area contributed by atoms with Crippen LogP contribution in [-0.4, -0.2) is 19.5 Å². The fourth-order valence-corrected chi connectivity index (χ4v) is 6.42. The second kappa shape index (κ2) is 7.47. The van der Waals surface area contributed by atoms with Crippen LogP contribution in [0.4, 0.5) is 10.7 Å². The van der Waals surface area contributed by atoms with Crippen molar-refractivity contribution >= 4 is 27.9 Å². The maximum atomic E-state index is 12.1. The zero-order valence-electron chi connectivity index (χ0n) is 19.1. The lowest BCUT2D eigenvalue weighted by Gasteiger charge is -2.39. The van der Waals surface area contributed by atoms with E-state index in [-0.39, 0.29) is 10.8 Å². The molecule has 5 heteroatoms. The molecule has 30 heavy (non-hydrogen) atoms. The summed E-state index contributed by atoms with van der Waals surface area (Å²) in [7, 11) is 1.33. The molecule has 1 amide bonds. The predicted molar refractivity (Wildman–Crippen MR) is 125 cm³/mol. The third-order valence-electron chi connectivity index (χ3n) is 6.93. The highest BCUT2D eigenvalue weighted by Crippen LogP contribution is 2.54. The van der Waals surface area contributed by atoms with Crippen LogP contribution in [0.1, 0.15) is 79.7 Å². The minimum absolute atomic E-state index is 0.201. The number of amides is 1. The van der Waals surface area contributed by atoms with Crippen molar-refractivity contribution in [1.29, 1.82) is 0 Å². The van der Waals surface area contributed by atoms with E-state index in [9.17, 15) is 10.0 Å². The molecule has 1 fully saturated rings. The summed E-state index contributed by atoms with van der Waals surface area (Å²) in [5, 5.41) is 12.4. The molecule has 1 N–H and O–H groups in total. The molecule has 1 unspecified atom stereocenters. The first kappa shape index (κ1) is 21.5. The average Bonchev–Trinajstić information content (AvgIpc) is 3.43. The number of thiophene rings is 1. The molecule has 162 valence electrons. The SMILES string of the molecule is Cc1c(N(CC2CC2)c2ccc(C(=O)[NH+](C)[O-])cc2)sc2c1C(C)(C)CCC2(C)C. The van der Waals surface area contributed by atoms with Gasteiger partial charge in [-0.3, -0.25) is 0 Å². The molecule has 2 aromatic rings. The van der Waals surface area contributed by atoms with E-state index >= 15 is 0 Å². The van der Waals surface area contributed by atoms with Crippen molar-refractivity contribution < 1.29 is 9.86 Å². The van der Waals surface area contributed by atoms with Crippen molar-refractivity contribution in [3.8, 4) is 0 Å². The number of quaternary nitrogens is 1. The summed E-state index contributed by atoms with van der Waals surface area (Å²) in [5.41, 5.74) is 4.95. The number of anilines is 2. The summed E-state index contributed by atoms with van der Waals surface area (Å²) in [4.78, 5) is 16.1. The summed E-state index contributed by atoms with van der Waals surface area (Å²) >= 11 is 1.96. The van der Waals surface area contributed by atoms with Gasteiger partial charge in [-0.2, -0.15) is 0 Å². The molecule has 1 atom stereocenters. The van der Waals surface area contributed by atoms with Crippen molar-refractivity contribution in [2.75, 3.05) is 18.5 Å². The molecular formula is C25H34N2O2S. The Balaban J connectivity index is 1.77. The molecule has 1 aromatic carbocycles. The smallest absolute Gasteiger partial charge is 0.343 e. The highest BCUT2D eigenvalue weighted by Gasteiger charge is 2.41. The van der Waals surface area contributed by atoms with Crippen LogP contribution < -0.4 is 9.96 Å². The van der Waals surface area contributed by atoms with Crippen LogP contribution in [0.2, 0.25) is 0 Å². The minimum atomic E-state index is -0.415. The Hall–Kier alpha value is -1.69. The van der Waals surface area contributed by atoms with Gasteiger partial charge in [-0.05, 0) is 84.7 Å². The van der Waals surface area contributed by atoms with E-state index in [1.807, 2.05) is 23.5 Å². The van der Waals surface area contributed by atoms with Gasteiger partial charge in [0.15, 0.2) is 0 Å². The molecular weight excluding hydrogens is 392 g/mol. The van der Waals surface area contributed by atoms with Crippen LogP contribution in [0.15, 0.2) is 24.3 Å². The summed E-state index contributed by atoms with van der Waals surface area (Å²) in [6, 6.07) is 7.62. The second-order valence-corrected chi connectivity index (χ2v) is 11.5. The van der Waals surface area contributed by atoms with Crippen LogP contribution in [0, 0.1) is 18.0 Å². The Morgan fingerprint density at radius 1 is 1.13 bits per heavy atom. The monoisotopic (exact) mass is 426 g/mol. The van der Waals surface area contributed by atoms with Gasteiger partial charge in [0.2, 0.25) is 0 Å². The zero-order valence-corrected chi connectivity index (χ0v) is 19.9. The Bertz CT molecular complexity index is 952. The third kappa shape index (κ3) is 3.83. The molecule has 1 saturated carbocycles. The second-order valence-electron chi connectivity index (χ2n) is 10.5. The molecule has 0 radical (unpaired) electrons. The fourth-order valence-electron chi connectivity index (χ4n) is 4.77. The standard InChI is InChI=1S/C25H34N2O2S/c1-16-20-21(25(4,5)14-13-24(20,2)3)30-23(16)27(15-17-7-8-17)19-11-9-18(10-12-19)22(28)26(6)29/h9-12,17,26H,7-8,13-15H2,1-6H3. The highest BCUT2D eigenvalue weighted by molar-refractivity contribution is 7.16. The molecule has 2 aliphatic rings. The fraction of sp³-hybridized carbons (Fsp3) is 0.560. The first-order valence-corrected chi connectivity index (χ1v) is 11.9. The van der Waals surface area contributed by atoms with Crippen molar-refractivity contribution in [2.24, 2.45) is 5.92 Å². The van der Waals surface area contributed by atoms with Crippen LogP contribution >= 0.6 is 11.3 Å². The van der Waals surface area contributed by atoms with Gasteiger partial charge in [-0.15, -0.1) is 11.3 Å². The van der Waals surface area contributed by atoms with Gasteiger partial charge < -0.3 is 15.2 Å². The summed E-state index contributed by atoms with van der Waals surface area (Å²) in [5.74, 6) is 0.324. The Morgan fingerprint density at radius 3 is 2.27 bits per heavy atom. The van der Waals surface area contributed by atoms with E-state index in [1.54, 1.807) is 17.7 Å². The molecule has 1 heterocycles. The van der Waals surface area contributed by atoms with E-state index in [1.165, 1.54) is 48.2 Å². The lowest BCUT2D eigenvalue weighted by molar-refractivity contribution is -0.732. The first-order chi connectivity index (χ1) is 14.0. The van der Waals surface area contributed by atoms with Crippen LogP contribution in [-0.2, 0) is 10.8 Å². The lowest BCUT2D eigenvalue weighted by atomic mass is 9.66. The van der Waals surface area contributed by atoms with Gasteiger partial charge in [0.1, 0.15) is 0 Å². The average molecular weight is 427 g/mol. The number of nitrogens with zero attached hydrogens (tertiary/aromatic N) is 1. The molecule has 0 spiro atoms. The number of nitrogens with one attached hydrogen (secondary N) is 1. The zero-order chi connectivity index (χ0) is 21.8. The number of rotatable bonds is 5. The van der Waals surface area contributed by atoms with Crippen molar-refractivity contribution in [3.05, 3.63) is 51.0 Å². The maximum absolute atomic E-state index is 12.1. The number of carbonyl (C=O) groups is 1. The van der Waals surface area contributed by atoms with E-state index in [4.69, 9.17) is 0 Å². The van der Waals surface area contributed by atoms with Crippen LogP contribution in [0.5, 0.6) is 0 Å². The molecule has 2 aliphatic carbocycles. The van der Waals surface area contributed by atoms with Crippen molar-refractivity contribution in [2.45, 2.75) is 71.1 Å². The maximum Gasteiger partial charge on any atom is 0.343 e. The third-order valence-corrected chi connectivity index (χ3v) is 8.61. The Labute approximate surface area is 184 Å². The normalized spacial score (nSPS) is 20.5. The van der Waals surface area contributed by atoms with Crippen molar-refractivity contribution in [3.63, 3.8) is 0 Å². The number of hydrogen-bond donors (Lipinski definition) is 1. The van der Waals surface area contributed by atoms with Gasteiger partial charge in [-0.1, -0.05) is 27.7 Å². The molecule has 0 bridgehead atoms. The van der Waals surface area contributed by atoms with E-state index in [0.717, 1.165) is 18.2 Å². The van der Waals surface area contributed by atoms with Crippen LogP contribution in [0.3, 0.4) is 0 Å². The van der Waals surface area contributed by atoms with Crippen LogP contribution in [0.25, 0.3) is 0 Å². The molecule has 0 saturated heterocycles. The number of fused-ring (bicyclic) bond motifs is 1. The molecule has 1 aromatic heterocycles. The predicted octanol–water partition coefficient (Wildman–Crippen LogP) is 5.11. The quantitative estimate of drug-likeness (QED) is 0.676. The largest absolute Gasteiger partial charge is 0.627 e. The van der Waals surface area contributed by atoms with E-state index in [0.29, 0.717) is 5.56 Å². The first-order valence-electron chi connectivity index (χ1n) is 11.1.